The van der Waals surface area contributed by atoms with Gasteiger partial charge < -0.3 is 9.47 Å². The normalized spacial score (nSPS) is 14.6. The van der Waals surface area contributed by atoms with Crippen LogP contribution in [0.2, 0.25) is 10.0 Å². The fourth-order valence-corrected chi connectivity index (χ4v) is 4.69. The second-order valence-electron chi connectivity index (χ2n) is 8.62. The molecule has 1 N–H and O–H groups in total. The van der Waals surface area contributed by atoms with Crippen molar-refractivity contribution in [1.82, 2.24) is 5.32 Å². The van der Waals surface area contributed by atoms with E-state index in [0.29, 0.717) is 28.7 Å². The Morgan fingerprint density at radius 3 is 2.41 bits per heavy atom. The summed E-state index contributed by atoms with van der Waals surface area (Å²) in [7, 11) is 0. The van der Waals surface area contributed by atoms with Crippen LogP contribution in [0, 0.1) is 0 Å². The van der Waals surface area contributed by atoms with E-state index in [2.05, 4.69) is 5.32 Å². The second-order valence-corrected chi connectivity index (χ2v) is 9.47. The summed E-state index contributed by atoms with van der Waals surface area (Å²) in [6, 6.07) is 22.4. The summed E-state index contributed by atoms with van der Waals surface area (Å²) in [6.45, 7) is 2.40. The summed E-state index contributed by atoms with van der Waals surface area (Å²) >= 11 is 12.5. The molecule has 0 unspecified atom stereocenters. The molecule has 0 bridgehead atoms. The SMILES string of the molecule is CCOc1cc(/C=C2\C(=O)NC(=O)N(c3ccc(Cl)cc3)C2=O)cc(Cl)c1OCc1cccc2ccccc12. The molecule has 0 aromatic heterocycles. The van der Waals surface area contributed by atoms with Crippen molar-refractivity contribution in [3.05, 3.63) is 106 Å². The van der Waals surface area contributed by atoms with Crippen molar-refractivity contribution in [3.8, 4) is 11.5 Å². The highest BCUT2D eigenvalue weighted by atomic mass is 35.5. The van der Waals surface area contributed by atoms with Crippen LogP contribution in [0.4, 0.5) is 10.5 Å². The summed E-state index contributed by atoms with van der Waals surface area (Å²) < 4.78 is 11.9. The number of rotatable bonds is 7. The summed E-state index contributed by atoms with van der Waals surface area (Å²) in [5.41, 5.74) is 1.43. The van der Waals surface area contributed by atoms with E-state index in [1.807, 2.05) is 49.4 Å². The standard InChI is InChI=1S/C30H22Cl2N2O5/c1-2-38-26-16-18(14-24-28(35)33-30(37)34(29(24)36)22-12-10-21(31)11-13-22)15-25(32)27(26)39-17-20-8-5-7-19-6-3-4-9-23(19)20/h3-16H,2,17H2,1H3,(H,33,35,37)/b24-14+. The van der Waals surface area contributed by atoms with Crippen LogP contribution in [0.3, 0.4) is 0 Å². The minimum absolute atomic E-state index is 0.238. The average Bonchev–Trinajstić information content (AvgIpc) is 2.92. The molecule has 0 atom stereocenters. The largest absolute Gasteiger partial charge is 0.490 e. The smallest absolute Gasteiger partial charge is 0.335 e. The van der Waals surface area contributed by atoms with Crippen molar-refractivity contribution in [1.29, 1.82) is 0 Å². The number of nitrogens with one attached hydrogen (secondary N) is 1. The van der Waals surface area contributed by atoms with Crippen molar-refractivity contribution in [2.24, 2.45) is 0 Å². The molecule has 0 saturated carbocycles. The van der Waals surface area contributed by atoms with Crippen molar-refractivity contribution in [2.45, 2.75) is 13.5 Å². The number of hydrogen-bond acceptors (Lipinski definition) is 5. The number of carbonyl (C=O) groups is 3. The summed E-state index contributed by atoms with van der Waals surface area (Å²) in [4.78, 5) is 39.2. The Kier molecular flexibility index (Phi) is 7.54. The molecule has 7 nitrogen and oxygen atoms in total. The molecule has 9 heteroatoms. The molecule has 5 rings (SSSR count). The highest BCUT2D eigenvalue weighted by molar-refractivity contribution is 6.39. The van der Waals surface area contributed by atoms with Crippen LogP contribution >= 0.6 is 23.2 Å². The number of nitrogens with zero attached hydrogens (tertiary/aromatic N) is 1. The van der Waals surface area contributed by atoms with Gasteiger partial charge in [0.1, 0.15) is 12.2 Å². The number of benzene rings is 4. The third-order valence-corrected chi connectivity index (χ3v) is 6.61. The van der Waals surface area contributed by atoms with E-state index in [0.717, 1.165) is 21.2 Å². The predicted molar refractivity (Wildman–Crippen MR) is 151 cm³/mol. The predicted octanol–water partition coefficient (Wildman–Crippen LogP) is 6.79. The average molecular weight is 561 g/mol. The summed E-state index contributed by atoms with van der Waals surface area (Å²) in [5.74, 6) is -0.908. The van der Waals surface area contributed by atoms with E-state index in [1.54, 1.807) is 24.3 Å². The van der Waals surface area contributed by atoms with E-state index < -0.39 is 17.8 Å². The molecular weight excluding hydrogens is 539 g/mol. The number of ether oxygens (including phenoxy) is 2. The fourth-order valence-electron chi connectivity index (χ4n) is 4.29. The van der Waals surface area contributed by atoms with Crippen LogP contribution in [0.25, 0.3) is 16.8 Å². The van der Waals surface area contributed by atoms with Crippen LogP contribution in [-0.2, 0) is 16.2 Å². The zero-order valence-corrected chi connectivity index (χ0v) is 22.3. The molecule has 0 aliphatic carbocycles. The topological polar surface area (TPSA) is 84.9 Å². The molecule has 0 radical (unpaired) electrons. The van der Waals surface area contributed by atoms with Gasteiger partial charge in [0.25, 0.3) is 11.8 Å². The lowest BCUT2D eigenvalue weighted by molar-refractivity contribution is -0.122. The van der Waals surface area contributed by atoms with Crippen molar-refractivity contribution >= 4 is 63.6 Å². The molecule has 1 aliphatic rings. The number of barbiturate groups is 1. The zero-order chi connectivity index (χ0) is 27.5. The third kappa shape index (κ3) is 5.46. The lowest BCUT2D eigenvalue weighted by Crippen LogP contribution is -2.54. The fraction of sp³-hybridized carbons (Fsp3) is 0.100. The number of urea groups is 1. The Balaban J connectivity index is 1.46. The maximum atomic E-state index is 13.2. The molecule has 196 valence electrons. The third-order valence-electron chi connectivity index (χ3n) is 6.08. The summed E-state index contributed by atoms with van der Waals surface area (Å²) in [5, 5.41) is 5.04. The maximum absolute atomic E-state index is 13.2. The molecule has 1 fully saturated rings. The van der Waals surface area contributed by atoms with E-state index in [1.165, 1.54) is 18.2 Å². The maximum Gasteiger partial charge on any atom is 0.335 e. The van der Waals surface area contributed by atoms with Crippen LogP contribution in [0.15, 0.2) is 84.4 Å². The zero-order valence-electron chi connectivity index (χ0n) is 20.7. The molecule has 4 aromatic carbocycles. The number of amides is 4. The van der Waals surface area contributed by atoms with Gasteiger partial charge in [-0.05, 0) is 71.3 Å². The number of anilines is 1. The van der Waals surface area contributed by atoms with Gasteiger partial charge >= 0.3 is 6.03 Å². The van der Waals surface area contributed by atoms with E-state index in [9.17, 15) is 14.4 Å². The lowest BCUT2D eigenvalue weighted by Gasteiger charge is -2.26. The molecule has 1 heterocycles. The molecule has 4 aromatic rings. The van der Waals surface area contributed by atoms with Crippen LogP contribution in [-0.4, -0.2) is 24.5 Å². The quantitative estimate of drug-likeness (QED) is 0.198. The molecule has 1 aliphatic heterocycles. The van der Waals surface area contributed by atoms with Crippen LogP contribution in [0.5, 0.6) is 11.5 Å². The first kappa shape index (κ1) is 26.3. The van der Waals surface area contributed by atoms with Gasteiger partial charge in [0.2, 0.25) is 0 Å². The number of imide groups is 2. The molecule has 39 heavy (non-hydrogen) atoms. The highest BCUT2D eigenvalue weighted by Crippen LogP contribution is 2.38. The number of hydrogen-bond donors (Lipinski definition) is 1. The number of carbonyl (C=O) groups excluding carboxylic acids is 3. The van der Waals surface area contributed by atoms with Crippen molar-refractivity contribution in [3.63, 3.8) is 0 Å². The molecule has 0 spiro atoms. The van der Waals surface area contributed by atoms with Gasteiger partial charge in [0.05, 0.1) is 17.3 Å². The lowest BCUT2D eigenvalue weighted by atomic mass is 10.1. The van der Waals surface area contributed by atoms with Crippen LogP contribution < -0.4 is 19.7 Å². The molecular formula is C30H22Cl2N2O5. The minimum Gasteiger partial charge on any atom is -0.490 e. The Morgan fingerprint density at radius 1 is 0.897 bits per heavy atom. The number of fused-ring (bicyclic) bond motifs is 1. The first-order valence-corrected chi connectivity index (χ1v) is 12.8. The van der Waals surface area contributed by atoms with Gasteiger partial charge in [0.15, 0.2) is 11.5 Å². The Bertz CT molecular complexity index is 1630. The molecule has 4 amide bonds. The second kappa shape index (κ2) is 11.2. The van der Waals surface area contributed by atoms with E-state index >= 15 is 0 Å². The Hall–Kier alpha value is -4.33. The van der Waals surface area contributed by atoms with Gasteiger partial charge in [0, 0.05) is 5.02 Å². The minimum atomic E-state index is -0.852. The Labute approximate surface area is 234 Å². The molecule has 1 saturated heterocycles. The van der Waals surface area contributed by atoms with E-state index in [-0.39, 0.29) is 22.9 Å². The van der Waals surface area contributed by atoms with Crippen molar-refractivity contribution in [2.75, 3.05) is 11.5 Å². The highest BCUT2D eigenvalue weighted by Gasteiger charge is 2.36. The van der Waals surface area contributed by atoms with Gasteiger partial charge in [-0.3, -0.25) is 14.9 Å². The van der Waals surface area contributed by atoms with Crippen LogP contribution in [0.1, 0.15) is 18.1 Å². The first-order chi connectivity index (χ1) is 18.9. The van der Waals surface area contributed by atoms with Gasteiger partial charge in [-0.2, -0.15) is 0 Å². The number of halogens is 2. The van der Waals surface area contributed by atoms with Crippen molar-refractivity contribution < 1.29 is 23.9 Å². The monoisotopic (exact) mass is 560 g/mol. The van der Waals surface area contributed by atoms with Gasteiger partial charge in [-0.15, -0.1) is 0 Å². The van der Waals surface area contributed by atoms with Gasteiger partial charge in [-0.1, -0.05) is 65.7 Å². The summed E-state index contributed by atoms with van der Waals surface area (Å²) in [6.07, 6.45) is 1.36. The Morgan fingerprint density at radius 2 is 1.64 bits per heavy atom. The van der Waals surface area contributed by atoms with Gasteiger partial charge in [-0.25, -0.2) is 9.69 Å². The van der Waals surface area contributed by atoms with E-state index in [4.69, 9.17) is 32.7 Å². The first-order valence-electron chi connectivity index (χ1n) is 12.1.